The molecule has 2 amide bonds. The lowest BCUT2D eigenvalue weighted by atomic mass is 10.1. The summed E-state index contributed by atoms with van der Waals surface area (Å²) >= 11 is 0. The number of rotatable bonds is 11. The Kier molecular flexibility index (Phi) is 9.86. The molecule has 1 N–H and O–H groups in total. The molecule has 0 aliphatic carbocycles. The Morgan fingerprint density at radius 2 is 1.56 bits per heavy atom. The first kappa shape index (κ1) is 29.8. The van der Waals surface area contributed by atoms with Gasteiger partial charge < -0.3 is 10.2 Å². The number of nitrogens with zero attached hydrogens (tertiary/aromatic N) is 2. The lowest BCUT2D eigenvalue weighted by molar-refractivity contribution is -0.139. The molecule has 3 aromatic carbocycles. The molecule has 0 saturated carbocycles. The number of anilines is 1. The van der Waals surface area contributed by atoms with Crippen molar-refractivity contribution < 1.29 is 22.4 Å². The molecule has 9 heteroatoms. The number of nitrogens with one attached hydrogen (secondary N) is 1. The molecular weight excluding hydrogens is 517 g/mol. The highest BCUT2D eigenvalue weighted by molar-refractivity contribution is 7.92. The maximum atomic E-state index is 14.6. The fraction of sp³-hybridized carbons (Fsp3) is 0.333. The first-order valence-electron chi connectivity index (χ1n) is 12.9. The molecule has 3 rings (SSSR count). The van der Waals surface area contributed by atoms with E-state index in [1.54, 1.807) is 43.3 Å². The van der Waals surface area contributed by atoms with Gasteiger partial charge in [0.1, 0.15) is 18.4 Å². The molecule has 3 aromatic rings. The summed E-state index contributed by atoms with van der Waals surface area (Å²) in [6, 6.07) is 18.2. The van der Waals surface area contributed by atoms with Crippen molar-refractivity contribution in [2.45, 2.75) is 52.1 Å². The normalized spacial score (nSPS) is 12.2. The van der Waals surface area contributed by atoms with Crippen LogP contribution < -0.4 is 9.62 Å². The topological polar surface area (TPSA) is 86.8 Å². The molecule has 0 bridgehead atoms. The highest BCUT2D eigenvalue weighted by Gasteiger charge is 2.33. The van der Waals surface area contributed by atoms with Gasteiger partial charge in [-0.2, -0.15) is 0 Å². The molecule has 0 saturated heterocycles. The summed E-state index contributed by atoms with van der Waals surface area (Å²) in [6.07, 6.45) is 0. The molecular formula is C30H36FN3O4S. The monoisotopic (exact) mass is 553 g/mol. The van der Waals surface area contributed by atoms with E-state index in [0.717, 1.165) is 15.4 Å². The third kappa shape index (κ3) is 7.66. The molecule has 39 heavy (non-hydrogen) atoms. The van der Waals surface area contributed by atoms with Crippen LogP contribution in [0.3, 0.4) is 0 Å². The van der Waals surface area contributed by atoms with Crippen molar-refractivity contribution in [2.75, 3.05) is 17.4 Å². The van der Waals surface area contributed by atoms with Gasteiger partial charge in [0.25, 0.3) is 10.0 Å². The maximum absolute atomic E-state index is 14.6. The van der Waals surface area contributed by atoms with Crippen molar-refractivity contribution in [3.8, 4) is 0 Å². The average Bonchev–Trinajstić information content (AvgIpc) is 2.89. The molecule has 0 spiro atoms. The number of amides is 2. The highest BCUT2D eigenvalue weighted by Crippen LogP contribution is 2.26. The number of sulfonamides is 1. The summed E-state index contributed by atoms with van der Waals surface area (Å²) in [5.74, 6) is -1.37. The zero-order valence-corrected chi connectivity index (χ0v) is 23.8. The molecule has 0 fully saturated rings. The third-order valence-electron chi connectivity index (χ3n) is 6.33. The van der Waals surface area contributed by atoms with Crippen molar-refractivity contribution >= 4 is 27.5 Å². The third-order valence-corrected chi connectivity index (χ3v) is 8.12. The van der Waals surface area contributed by atoms with Crippen LogP contribution >= 0.6 is 0 Å². The lowest BCUT2D eigenvalue weighted by Crippen LogP contribution is -2.51. The number of aryl methyl sites for hydroxylation is 2. The number of halogens is 1. The van der Waals surface area contributed by atoms with E-state index in [0.29, 0.717) is 12.2 Å². The molecule has 7 nitrogen and oxygen atoms in total. The first-order chi connectivity index (χ1) is 18.4. The summed E-state index contributed by atoms with van der Waals surface area (Å²) in [5.41, 5.74) is 2.24. The van der Waals surface area contributed by atoms with Crippen LogP contribution in [0.4, 0.5) is 10.1 Å². The highest BCUT2D eigenvalue weighted by atomic mass is 32.2. The Bertz CT molecular complexity index is 1410. The Labute approximate surface area is 230 Å². The van der Waals surface area contributed by atoms with E-state index in [-0.39, 0.29) is 22.9 Å². The summed E-state index contributed by atoms with van der Waals surface area (Å²) in [5, 5.41) is 2.81. The second-order valence-corrected chi connectivity index (χ2v) is 12.0. The van der Waals surface area contributed by atoms with Crippen LogP contribution in [0.25, 0.3) is 0 Å². The van der Waals surface area contributed by atoms with E-state index in [1.807, 2.05) is 33.8 Å². The van der Waals surface area contributed by atoms with Crippen molar-refractivity contribution in [1.29, 1.82) is 0 Å². The number of carbonyl (C=O) groups is 2. The summed E-state index contributed by atoms with van der Waals surface area (Å²) in [4.78, 5) is 28.1. The number of hydrogen-bond acceptors (Lipinski definition) is 4. The predicted octanol–water partition coefficient (Wildman–Crippen LogP) is 4.83. The largest absolute Gasteiger partial charge is 0.354 e. The number of carbonyl (C=O) groups excluding carboxylic acids is 2. The Morgan fingerprint density at radius 1 is 0.897 bits per heavy atom. The van der Waals surface area contributed by atoms with Gasteiger partial charge in [0.2, 0.25) is 11.8 Å². The van der Waals surface area contributed by atoms with Gasteiger partial charge in [-0.05, 0) is 62.6 Å². The quantitative estimate of drug-likeness (QED) is 0.369. The van der Waals surface area contributed by atoms with Gasteiger partial charge in [0.15, 0.2) is 0 Å². The molecule has 0 aliphatic rings. The van der Waals surface area contributed by atoms with Crippen molar-refractivity contribution in [1.82, 2.24) is 10.2 Å². The first-order valence-corrected chi connectivity index (χ1v) is 14.3. The van der Waals surface area contributed by atoms with Gasteiger partial charge in [-0.15, -0.1) is 0 Å². The SMILES string of the molecule is Cc1ccc(S(=O)(=O)N(CC(=O)N(Cc2ccccc2F)[C@H](C)C(=O)NCC(C)C)c2cccc(C)c2)cc1. The van der Waals surface area contributed by atoms with Gasteiger partial charge in [0.05, 0.1) is 10.6 Å². The van der Waals surface area contributed by atoms with Crippen LogP contribution in [-0.4, -0.2) is 44.3 Å². The van der Waals surface area contributed by atoms with E-state index in [4.69, 9.17) is 0 Å². The second-order valence-electron chi connectivity index (χ2n) is 10.1. The van der Waals surface area contributed by atoms with Crippen LogP contribution in [-0.2, 0) is 26.2 Å². The minimum atomic E-state index is -4.15. The second kappa shape index (κ2) is 12.9. The Hall–Kier alpha value is -3.72. The van der Waals surface area contributed by atoms with Gasteiger partial charge in [-0.25, -0.2) is 12.8 Å². The Balaban J connectivity index is 2.02. The minimum absolute atomic E-state index is 0.0331. The summed E-state index contributed by atoms with van der Waals surface area (Å²) in [7, 11) is -4.15. The number of benzene rings is 3. The summed E-state index contributed by atoms with van der Waals surface area (Å²) < 4.78 is 43.3. The molecule has 0 aromatic heterocycles. The van der Waals surface area contributed by atoms with Crippen molar-refractivity contribution in [3.63, 3.8) is 0 Å². The molecule has 0 aliphatic heterocycles. The zero-order chi connectivity index (χ0) is 28.7. The van der Waals surface area contributed by atoms with Gasteiger partial charge in [-0.1, -0.05) is 61.9 Å². The molecule has 1 atom stereocenters. The lowest BCUT2D eigenvalue weighted by Gasteiger charge is -2.32. The van der Waals surface area contributed by atoms with Gasteiger partial charge >= 0.3 is 0 Å². The summed E-state index contributed by atoms with van der Waals surface area (Å²) in [6.45, 7) is 8.76. The maximum Gasteiger partial charge on any atom is 0.264 e. The van der Waals surface area contributed by atoms with Gasteiger partial charge in [0, 0.05) is 18.7 Å². The van der Waals surface area contributed by atoms with Crippen LogP contribution in [0.15, 0.2) is 77.7 Å². The van der Waals surface area contributed by atoms with E-state index in [1.165, 1.54) is 35.2 Å². The average molecular weight is 554 g/mol. The smallest absolute Gasteiger partial charge is 0.264 e. The fourth-order valence-electron chi connectivity index (χ4n) is 3.99. The van der Waals surface area contributed by atoms with E-state index in [9.17, 15) is 22.4 Å². The van der Waals surface area contributed by atoms with Crippen molar-refractivity contribution in [3.05, 3.63) is 95.3 Å². The van der Waals surface area contributed by atoms with Crippen LogP contribution in [0.1, 0.15) is 37.5 Å². The van der Waals surface area contributed by atoms with Crippen LogP contribution in [0.5, 0.6) is 0 Å². The molecule has 208 valence electrons. The van der Waals surface area contributed by atoms with E-state index >= 15 is 0 Å². The zero-order valence-electron chi connectivity index (χ0n) is 23.0. The van der Waals surface area contributed by atoms with E-state index in [2.05, 4.69) is 5.32 Å². The standard InChI is InChI=1S/C30H36FN3O4S/c1-21(2)18-32-30(36)24(5)33(19-25-10-6-7-12-28(25)31)29(35)20-34(26-11-8-9-23(4)17-26)39(37,38)27-15-13-22(3)14-16-27/h6-17,21,24H,18-20H2,1-5H3,(H,32,36)/t24-/m1/s1. The van der Waals surface area contributed by atoms with Gasteiger partial charge in [-0.3, -0.25) is 13.9 Å². The predicted molar refractivity (Wildman–Crippen MR) is 151 cm³/mol. The molecule has 0 heterocycles. The fourth-order valence-corrected chi connectivity index (χ4v) is 5.40. The minimum Gasteiger partial charge on any atom is -0.354 e. The van der Waals surface area contributed by atoms with Crippen LogP contribution in [0, 0.1) is 25.6 Å². The molecule has 0 unspecified atom stereocenters. The Morgan fingerprint density at radius 3 is 2.18 bits per heavy atom. The van der Waals surface area contributed by atoms with E-state index < -0.39 is 40.2 Å². The van der Waals surface area contributed by atoms with Crippen LogP contribution in [0.2, 0.25) is 0 Å². The number of hydrogen-bond donors (Lipinski definition) is 1. The van der Waals surface area contributed by atoms with Crippen molar-refractivity contribution in [2.24, 2.45) is 5.92 Å². The molecule has 0 radical (unpaired) electrons.